The van der Waals surface area contributed by atoms with Gasteiger partial charge in [-0.25, -0.2) is 4.79 Å². The van der Waals surface area contributed by atoms with Crippen molar-refractivity contribution in [2.24, 2.45) is 0 Å². The number of H-pyrrole nitrogens is 1. The lowest BCUT2D eigenvalue weighted by Crippen LogP contribution is -2.53. The number of carbonyl (C=O) groups excluding carboxylic acids is 2. The standard InChI is InChI=1S/C27H29BrN4O3/c1-27-16-21-20-15-18(28)8-9-22(20)29-23(21)24(17-6-4-7-19(33)14-17)32(27)26(35)31(25(27)34)13-5-12-30-10-2-3-11-30/h4,6-9,14-15,24,29,33H,2-3,5,10-13,16H2,1H3/t24-,27+/m1/s1. The van der Waals surface area contributed by atoms with Gasteiger partial charge >= 0.3 is 6.03 Å². The summed E-state index contributed by atoms with van der Waals surface area (Å²) in [5.41, 5.74) is 2.71. The fourth-order valence-corrected chi connectivity index (χ4v) is 6.54. The maximum Gasteiger partial charge on any atom is 0.328 e. The highest BCUT2D eigenvalue weighted by atomic mass is 79.9. The van der Waals surface area contributed by atoms with E-state index in [0.29, 0.717) is 13.0 Å². The zero-order valence-electron chi connectivity index (χ0n) is 19.8. The van der Waals surface area contributed by atoms with Gasteiger partial charge in [-0.15, -0.1) is 0 Å². The van der Waals surface area contributed by atoms with E-state index >= 15 is 0 Å². The molecule has 8 heteroatoms. The van der Waals surface area contributed by atoms with E-state index in [4.69, 9.17) is 0 Å². The summed E-state index contributed by atoms with van der Waals surface area (Å²) in [4.78, 5) is 36.9. The van der Waals surface area contributed by atoms with Gasteiger partial charge in [0.1, 0.15) is 17.3 Å². The molecule has 2 fully saturated rings. The summed E-state index contributed by atoms with van der Waals surface area (Å²) in [6, 6.07) is 12.3. The Hall–Kier alpha value is -2.84. The largest absolute Gasteiger partial charge is 0.508 e. The molecule has 2 saturated heterocycles. The second-order valence-electron chi connectivity index (χ2n) is 10.2. The molecule has 0 aliphatic carbocycles. The topological polar surface area (TPSA) is 79.9 Å². The van der Waals surface area contributed by atoms with E-state index in [1.165, 1.54) is 17.7 Å². The van der Waals surface area contributed by atoms with Crippen LogP contribution in [0.5, 0.6) is 5.75 Å². The van der Waals surface area contributed by atoms with E-state index in [2.05, 4.69) is 31.9 Å². The van der Waals surface area contributed by atoms with Gasteiger partial charge in [0.05, 0.1) is 0 Å². The van der Waals surface area contributed by atoms with Crippen molar-refractivity contribution in [2.45, 2.75) is 44.2 Å². The summed E-state index contributed by atoms with van der Waals surface area (Å²) in [6.45, 7) is 5.42. The van der Waals surface area contributed by atoms with E-state index in [1.807, 2.05) is 25.1 Å². The van der Waals surface area contributed by atoms with E-state index in [9.17, 15) is 14.7 Å². The molecule has 7 nitrogen and oxygen atoms in total. The summed E-state index contributed by atoms with van der Waals surface area (Å²) in [6.07, 6.45) is 3.67. The van der Waals surface area contributed by atoms with Crippen molar-refractivity contribution in [3.8, 4) is 5.75 Å². The van der Waals surface area contributed by atoms with Gasteiger partial charge in [-0.2, -0.15) is 0 Å². The first-order valence-electron chi connectivity index (χ1n) is 12.3. The molecule has 0 bridgehead atoms. The number of phenols is 1. The molecule has 0 spiro atoms. The van der Waals surface area contributed by atoms with Crippen LogP contribution in [0.1, 0.15) is 49.0 Å². The van der Waals surface area contributed by atoms with Gasteiger partial charge in [0, 0.05) is 34.0 Å². The first-order chi connectivity index (χ1) is 16.9. The maximum absolute atomic E-state index is 13.9. The average molecular weight is 537 g/mol. The highest BCUT2D eigenvalue weighted by Crippen LogP contribution is 2.49. The number of imide groups is 1. The SMILES string of the molecule is C[C@@]12Cc3c([nH]c4ccc(Br)cc34)[C@@H](c3cccc(O)c3)N1C(=O)N(CCCN1CCCC1)C2=O. The Balaban J connectivity index is 1.42. The number of aromatic nitrogens is 1. The number of halogens is 1. The lowest BCUT2D eigenvalue weighted by molar-refractivity contribution is -0.133. The van der Waals surface area contributed by atoms with Crippen LogP contribution in [0, 0.1) is 0 Å². The first-order valence-corrected chi connectivity index (χ1v) is 13.1. The van der Waals surface area contributed by atoms with Gasteiger partial charge in [0.2, 0.25) is 0 Å². The van der Waals surface area contributed by atoms with Crippen molar-refractivity contribution in [3.63, 3.8) is 0 Å². The number of nitrogens with one attached hydrogen (secondary N) is 1. The Kier molecular flexibility index (Phi) is 5.41. The number of likely N-dealkylation sites (tertiary alicyclic amines) is 1. The molecule has 4 heterocycles. The molecule has 3 amide bonds. The quantitative estimate of drug-likeness (QED) is 0.459. The number of carbonyl (C=O) groups is 2. The minimum absolute atomic E-state index is 0.135. The third-order valence-electron chi connectivity index (χ3n) is 7.87. The second kappa shape index (κ2) is 8.38. The predicted molar refractivity (Wildman–Crippen MR) is 137 cm³/mol. The number of aromatic hydroxyl groups is 1. The third-order valence-corrected chi connectivity index (χ3v) is 8.36. The molecule has 3 aliphatic rings. The number of benzene rings is 2. The van der Waals surface area contributed by atoms with Gasteiger partial charge in [-0.05, 0) is 87.3 Å². The molecule has 35 heavy (non-hydrogen) atoms. The summed E-state index contributed by atoms with van der Waals surface area (Å²) in [7, 11) is 0. The molecule has 0 radical (unpaired) electrons. The summed E-state index contributed by atoms with van der Waals surface area (Å²) in [5.74, 6) is -0.000282. The fourth-order valence-electron chi connectivity index (χ4n) is 6.18. The van der Waals surface area contributed by atoms with Crippen LogP contribution in [0.2, 0.25) is 0 Å². The van der Waals surface area contributed by atoms with Crippen LogP contribution in [-0.2, 0) is 11.2 Å². The summed E-state index contributed by atoms with van der Waals surface area (Å²) >= 11 is 3.58. The monoisotopic (exact) mass is 536 g/mol. The molecule has 182 valence electrons. The van der Waals surface area contributed by atoms with Crippen molar-refractivity contribution in [3.05, 3.63) is 63.8 Å². The van der Waals surface area contributed by atoms with Crippen molar-refractivity contribution >= 4 is 38.8 Å². The van der Waals surface area contributed by atoms with E-state index in [1.54, 1.807) is 23.1 Å². The summed E-state index contributed by atoms with van der Waals surface area (Å²) < 4.78 is 0.964. The highest BCUT2D eigenvalue weighted by molar-refractivity contribution is 9.10. The number of hydrogen-bond acceptors (Lipinski definition) is 4. The Bertz CT molecular complexity index is 1330. The van der Waals surface area contributed by atoms with Crippen molar-refractivity contribution < 1.29 is 14.7 Å². The number of fused-ring (bicyclic) bond motifs is 4. The normalized spacial score (nSPS) is 24.5. The third kappa shape index (κ3) is 3.57. The maximum atomic E-state index is 13.9. The van der Waals surface area contributed by atoms with Crippen LogP contribution in [0.4, 0.5) is 4.79 Å². The van der Waals surface area contributed by atoms with Gasteiger partial charge < -0.3 is 15.0 Å². The van der Waals surface area contributed by atoms with Crippen molar-refractivity contribution in [1.82, 2.24) is 19.7 Å². The highest BCUT2D eigenvalue weighted by Gasteiger charge is 2.60. The number of nitrogens with zero attached hydrogens (tertiary/aromatic N) is 3. The Morgan fingerprint density at radius 2 is 1.91 bits per heavy atom. The minimum atomic E-state index is -0.995. The Labute approximate surface area is 212 Å². The van der Waals surface area contributed by atoms with Crippen molar-refractivity contribution in [1.29, 1.82) is 0 Å². The van der Waals surface area contributed by atoms with Crippen LogP contribution in [0.25, 0.3) is 10.9 Å². The molecule has 1 aromatic heterocycles. The van der Waals surface area contributed by atoms with Gasteiger partial charge in [-0.3, -0.25) is 14.6 Å². The van der Waals surface area contributed by atoms with Crippen LogP contribution in [0.15, 0.2) is 46.9 Å². The number of aromatic amines is 1. The molecular formula is C27H29BrN4O3. The first kappa shape index (κ1) is 22.6. The summed E-state index contributed by atoms with van der Waals surface area (Å²) in [5, 5.41) is 11.3. The molecule has 0 unspecified atom stereocenters. The fraction of sp³-hybridized carbons (Fsp3) is 0.407. The zero-order chi connectivity index (χ0) is 24.3. The average Bonchev–Trinajstić information content (AvgIpc) is 3.51. The number of urea groups is 1. The molecule has 2 atom stereocenters. The molecule has 2 N–H and O–H groups in total. The number of rotatable bonds is 5. The minimum Gasteiger partial charge on any atom is -0.508 e. The number of phenolic OH excluding ortho intramolecular Hbond substituents is 1. The zero-order valence-corrected chi connectivity index (χ0v) is 21.3. The second-order valence-corrected chi connectivity index (χ2v) is 11.1. The smallest absolute Gasteiger partial charge is 0.328 e. The molecule has 0 saturated carbocycles. The van der Waals surface area contributed by atoms with E-state index in [-0.39, 0.29) is 17.7 Å². The lowest BCUT2D eigenvalue weighted by atomic mass is 9.81. The lowest BCUT2D eigenvalue weighted by Gasteiger charge is -2.42. The van der Waals surface area contributed by atoms with Gasteiger partial charge in [-0.1, -0.05) is 28.1 Å². The Morgan fingerprint density at radius 1 is 1.11 bits per heavy atom. The Morgan fingerprint density at radius 3 is 2.69 bits per heavy atom. The molecule has 2 aromatic carbocycles. The van der Waals surface area contributed by atoms with Crippen LogP contribution >= 0.6 is 15.9 Å². The van der Waals surface area contributed by atoms with E-state index < -0.39 is 11.6 Å². The van der Waals surface area contributed by atoms with Gasteiger partial charge in [0.25, 0.3) is 5.91 Å². The van der Waals surface area contributed by atoms with E-state index in [0.717, 1.165) is 58.3 Å². The predicted octanol–water partition coefficient (Wildman–Crippen LogP) is 4.79. The molecule has 6 rings (SSSR count). The number of amides is 3. The van der Waals surface area contributed by atoms with Crippen LogP contribution in [-0.4, -0.2) is 68.4 Å². The molecule has 3 aromatic rings. The van der Waals surface area contributed by atoms with Crippen molar-refractivity contribution in [2.75, 3.05) is 26.2 Å². The van der Waals surface area contributed by atoms with Crippen LogP contribution in [0.3, 0.4) is 0 Å². The number of hydrogen-bond donors (Lipinski definition) is 2. The van der Waals surface area contributed by atoms with Gasteiger partial charge in [0.15, 0.2) is 0 Å². The molecular weight excluding hydrogens is 508 g/mol. The van der Waals surface area contributed by atoms with Crippen LogP contribution < -0.4 is 0 Å². The molecule has 3 aliphatic heterocycles.